The summed E-state index contributed by atoms with van der Waals surface area (Å²) in [6, 6.07) is 3.96. The van der Waals surface area contributed by atoms with E-state index in [1.807, 2.05) is 6.92 Å². The summed E-state index contributed by atoms with van der Waals surface area (Å²) in [5, 5.41) is 12.0. The van der Waals surface area contributed by atoms with Gasteiger partial charge in [0.05, 0.1) is 11.1 Å². The first-order valence-electron chi connectivity index (χ1n) is 4.84. The number of halogens is 1. The highest BCUT2D eigenvalue weighted by atomic mass is 35.5. The van der Waals surface area contributed by atoms with Gasteiger partial charge in [0.15, 0.2) is 0 Å². The second kappa shape index (κ2) is 5.43. The first-order chi connectivity index (χ1) is 7.58. The minimum absolute atomic E-state index is 0.0535. The number of carbonyl (C=O) groups is 1. The van der Waals surface area contributed by atoms with E-state index in [9.17, 15) is 9.90 Å². The molecular weight excluding hydrogens is 226 g/mol. The predicted octanol–water partition coefficient (Wildman–Crippen LogP) is 2.19. The number of benzene rings is 1. The fourth-order valence-electron chi connectivity index (χ4n) is 1.15. The largest absolute Gasteiger partial charge is 0.506 e. The van der Waals surface area contributed by atoms with Crippen molar-refractivity contribution in [3.05, 3.63) is 28.8 Å². The van der Waals surface area contributed by atoms with Crippen LogP contribution in [0.2, 0.25) is 5.02 Å². The van der Waals surface area contributed by atoms with Crippen molar-refractivity contribution in [3.63, 3.8) is 0 Å². The Morgan fingerprint density at radius 2 is 2.38 bits per heavy atom. The van der Waals surface area contributed by atoms with Crippen LogP contribution >= 0.6 is 11.6 Å². The van der Waals surface area contributed by atoms with Crippen molar-refractivity contribution in [1.82, 2.24) is 5.32 Å². The van der Waals surface area contributed by atoms with E-state index in [-0.39, 0.29) is 22.7 Å². The van der Waals surface area contributed by atoms with Gasteiger partial charge in [-0.25, -0.2) is 0 Å². The topological polar surface area (TPSA) is 49.3 Å². The molecule has 2 N–H and O–H groups in total. The average Bonchev–Trinajstić information content (AvgIpc) is 2.29. The molecule has 0 aromatic heterocycles. The molecule has 0 saturated carbocycles. The van der Waals surface area contributed by atoms with Crippen LogP contribution in [0.3, 0.4) is 0 Å². The third-order valence-electron chi connectivity index (χ3n) is 2.12. The van der Waals surface area contributed by atoms with Crippen LogP contribution in [0, 0.1) is 12.3 Å². The second-order valence-corrected chi connectivity index (χ2v) is 3.67. The summed E-state index contributed by atoms with van der Waals surface area (Å²) < 4.78 is 0. The number of nitrogens with one attached hydrogen (secondary N) is 1. The molecule has 1 atom stereocenters. The van der Waals surface area contributed by atoms with Gasteiger partial charge in [-0.15, -0.1) is 6.42 Å². The first-order valence-corrected chi connectivity index (χ1v) is 5.21. The van der Waals surface area contributed by atoms with E-state index in [4.69, 9.17) is 18.0 Å². The molecule has 84 valence electrons. The summed E-state index contributed by atoms with van der Waals surface area (Å²) in [7, 11) is 0. The Balaban J connectivity index is 2.81. The molecule has 1 aromatic carbocycles. The standard InChI is InChI=1S/C12H12ClNO2/c1-3-9(4-2)14-12(16)8-5-6-11(15)10(13)7-8/h1,5-7,9,15H,4H2,2H3,(H,14,16). The van der Waals surface area contributed by atoms with Gasteiger partial charge in [0.2, 0.25) is 0 Å². The predicted molar refractivity (Wildman–Crippen MR) is 63.5 cm³/mol. The van der Waals surface area contributed by atoms with Gasteiger partial charge in [0, 0.05) is 5.56 Å². The third kappa shape index (κ3) is 2.91. The van der Waals surface area contributed by atoms with Gasteiger partial charge < -0.3 is 10.4 Å². The van der Waals surface area contributed by atoms with Crippen LogP contribution in [0.4, 0.5) is 0 Å². The molecule has 1 aromatic rings. The van der Waals surface area contributed by atoms with E-state index in [0.717, 1.165) is 0 Å². The number of phenols is 1. The van der Waals surface area contributed by atoms with Crippen LogP contribution in [0.25, 0.3) is 0 Å². The molecule has 0 spiro atoms. The highest BCUT2D eigenvalue weighted by Crippen LogP contribution is 2.23. The van der Waals surface area contributed by atoms with Crippen LogP contribution in [0.1, 0.15) is 23.7 Å². The summed E-state index contributed by atoms with van der Waals surface area (Å²) >= 11 is 5.69. The normalized spacial score (nSPS) is 11.6. The van der Waals surface area contributed by atoms with Crippen LogP contribution < -0.4 is 5.32 Å². The van der Waals surface area contributed by atoms with E-state index in [2.05, 4.69) is 11.2 Å². The molecule has 0 aliphatic carbocycles. The highest BCUT2D eigenvalue weighted by Gasteiger charge is 2.11. The van der Waals surface area contributed by atoms with Gasteiger partial charge in [0.25, 0.3) is 5.91 Å². The Morgan fingerprint density at radius 3 is 2.88 bits per heavy atom. The molecule has 0 aliphatic heterocycles. The lowest BCUT2D eigenvalue weighted by molar-refractivity contribution is 0.0945. The minimum Gasteiger partial charge on any atom is -0.506 e. The molecule has 0 saturated heterocycles. The van der Waals surface area contributed by atoms with Crippen molar-refractivity contribution in [2.75, 3.05) is 0 Å². The molecule has 1 rings (SSSR count). The van der Waals surface area contributed by atoms with Crippen molar-refractivity contribution in [1.29, 1.82) is 0 Å². The maximum atomic E-state index is 11.7. The van der Waals surface area contributed by atoms with Crippen molar-refractivity contribution in [2.24, 2.45) is 0 Å². The maximum Gasteiger partial charge on any atom is 0.252 e. The molecule has 0 fully saturated rings. The fourth-order valence-corrected chi connectivity index (χ4v) is 1.33. The van der Waals surface area contributed by atoms with Crippen LogP contribution in [0.15, 0.2) is 18.2 Å². The lowest BCUT2D eigenvalue weighted by Gasteiger charge is -2.10. The number of terminal acetylenes is 1. The smallest absolute Gasteiger partial charge is 0.252 e. The van der Waals surface area contributed by atoms with Crippen molar-refractivity contribution >= 4 is 17.5 Å². The monoisotopic (exact) mass is 237 g/mol. The summed E-state index contributed by atoms with van der Waals surface area (Å²) in [6.07, 6.45) is 5.89. The molecule has 3 nitrogen and oxygen atoms in total. The Kier molecular flexibility index (Phi) is 4.21. The van der Waals surface area contributed by atoms with E-state index >= 15 is 0 Å². The van der Waals surface area contributed by atoms with Crippen molar-refractivity contribution in [2.45, 2.75) is 19.4 Å². The number of hydrogen-bond acceptors (Lipinski definition) is 2. The molecular formula is C12H12ClNO2. The van der Waals surface area contributed by atoms with Gasteiger partial charge in [-0.2, -0.15) is 0 Å². The molecule has 0 heterocycles. The summed E-state index contributed by atoms with van der Waals surface area (Å²) in [6.45, 7) is 1.88. The van der Waals surface area contributed by atoms with E-state index < -0.39 is 0 Å². The molecule has 0 radical (unpaired) electrons. The number of aromatic hydroxyl groups is 1. The molecule has 16 heavy (non-hydrogen) atoms. The van der Waals surface area contributed by atoms with Crippen molar-refractivity contribution in [3.8, 4) is 18.1 Å². The number of phenolic OH excluding ortho intramolecular Hbond substituents is 1. The van der Waals surface area contributed by atoms with Gasteiger partial charge in [-0.1, -0.05) is 24.4 Å². The molecule has 1 unspecified atom stereocenters. The Bertz CT molecular complexity index is 437. The average molecular weight is 238 g/mol. The highest BCUT2D eigenvalue weighted by molar-refractivity contribution is 6.32. The van der Waals surface area contributed by atoms with E-state index in [0.29, 0.717) is 12.0 Å². The zero-order chi connectivity index (χ0) is 12.1. The van der Waals surface area contributed by atoms with Gasteiger partial charge >= 0.3 is 0 Å². The Morgan fingerprint density at radius 1 is 1.69 bits per heavy atom. The fraction of sp³-hybridized carbons (Fsp3) is 0.250. The SMILES string of the molecule is C#CC(CC)NC(=O)c1ccc(O)c(Cl)c1. The first kappa shape index (κ1) is 12.4. The quantitative estimate of drug-likeness (QED) is 0.792. The number of amides is 1. The molecule has 1 amide bonds. The lowest BCUT2D eigenvalue weighted by atomic mass is 10.1. The van der Waals surface area contributed by atoms with E-state index in [1.54, 1.807) is 0 Å². The van der Waals surface area contributed by atoms with E-state index in [1.165, 1.54) is 18.2 Å². The molecule has 4 heteroatoms. The minimum atomic E-state index is -0.299. The number of rotatable bonds is 3. The number of carbonyl (C=O) groups excluding carboxylic acids is 1. The van der Waals surface area contributed by atoms with Crippen LogP contribution in [0.5, 0.6) is 5.75 Å². The zero-order valence-electron chi connectivity index (χ0n) is 8.83. The summed E-state index contributed by atoms with van der Waals surface area (Å²) in [4.78, 5) is 11.7. The zero-order valence-corrected chi connectivity index (χ0v) is 9.58. The summed E-state index contributed by atoms with van der Waals surface area (Å²) in [5.41, 5.74) is 0.372. The van der Waals surface area contributed by atoms with Crippen LogP contribution in [-0.4, -0.2) is 17.1 Å². The maximum absolute atomic E-state index is 11.7. The summed E-state index contributed by atoms with van der Waals surface area (Å²) in [5.74, 6) is 2.11. The number of hydrogen-bond donors (Lipinski definition) is 2. The van der Waals surface area contributed by atoms with Gasteiger partial charge in [-0.05, 0) is 24.6 Å². The Hall–Kier alpha value is -1.66. The lowest BCUT2D eigenvalue weighted by Crippen LogP contribution is -2.33. The van der Waals surface area contributed by atoms with Gasteiger partial charge in [-0.3, -0.25) is 4.79 Å². The molecule has 0 aliphatic rings. The van der Waals surface area contributed by atoms with Crippen molar-refractivity contribution < 1.29 is 9.90 Å². The second-order valence-electron chi connectivity index (χ2n) is 3.27. The van der Waals surface area contributed by atoms with Gasteiger partial charge in [0.1, 0.15) is 5.75 Å². The van der Waals surface area contributed by atoms with Crippen LogP contribution in [-0.2, 0) is 0 Å². The molecule has 0 bridgehead atoms. The third-order valence-corrected chi connectivity index (χ3v) is 2.43. The Labute approximate surface area is 99.4 Å².